The van der Waals surface area contributed by atoms with Crippen molar-refractivity contribution >= 4 is 27.3 Å². The molecule has 30 heavy (non-hydrogen) atoms. The highest BCUT2D eigenvalue weighted by Gasteiger charge is 2.38. The molecule has 2 amide bonds. The normalized spacial score (nSPS) is 20.8. The number of hydrogen-bond donors (Lipinski definition) is 0. The Morgan fingerprint density at radius 2 is 1.83 bits per heavy atom. The zero-order chi connectivity index (χ0) is 21.7. The first-order valence-electron chi connectivity index (χ1n) is 10.0. The number of methoxy groups -OCH3 is 2. The number of hydrogen-bond acceptors (Lipinski definition) is 7. The second-order valence-corrected chi connectivity index (χ2v) is 9.73. The van der Waals surface area contributed by atoms with E-state index >= 15 is 0 Å². The predicted molar refractivity (Wildman–Crippen MR) is 112 cm³/mol. The molecule has 2 aliphatic heterocycles. The molecule has 0 bridgehead atoms. The summed E-state index contributed by atoms with van der Waals surface area (Å²) in [4.78, 5) is 30.9. The van der Waals surface area contributed by atoms with Crippen LogP contribution in [0.2, 0.25) is 0 Å². The summed E-state index contributed by atoms with van der Waals surface area (Å²) in [6.07, 6.45) is 0.354. The first-order chi connectivity index (χ1) is 14.4. The predicted octanol–water partition coefficient (Wildman–Crippen LogP) is 0.00590. The van der Waals surface area contributed by atoms with Gasteiger partial charge in [0.2, 0.25) is 0 Å². The third kappa shape index (κ3) is 5.04. The van der Waals surface area contributed by atoms with Crippen LogP contribution in [-0.4, -0.2) is 101 Å². The van der Waals surface area contributed by atoms with E-state index in [-0.39, 0.29) is 24.7 Å². The van der Waals surface area contributed by atoms with E-state index in [1.807, 2.05) is 24.3 Å². The van der Waals surface area contributed by atoms with Gasteiger partial charge < -0.3 is 24.2 Å². The molecule has 0 N–H and O–H groups in total. The first kappa shape index (κ1) is 22.4. The zero-order valence-electron chi connectivity index (χ0n) is 17.5. The number of anilines is 1. The van der Waals surface area contributed by atoms with Crippen molar-refractivity contribution in [1.29, 1.82) is 0 Å². The number of amides is 2. The van der Waals surface area contributed by atoms with Crippen LogP contribution in [-0.2, 0) is 24.2 Å². The number of benzene rings is 1. The van der Waals surface area contributed by atoms with Gasteiger partial charge in [-0.15, -0.1) is 0 Å². The van der Waals surface area contributed by atoms with E-state index in [0.717, 1.165) is 11.4 Å². The highest BCUT2D eigenvalue weighted by molar-refractivity contribution is 7.91. The van der Waals surface area contributed by atoms with Gasteiger partial charge in [0.15, 0.2) is 9.84 Å². The molecule has 1 aromatic carbocycles. The number of ether oxygens (including phenoxy) is 2. The molecule has 0 spiro atoms. The Kier molecular flexibility index (Phi) is 7.19. The average molecular weight is 440 g/mol. The van der Waals surface area contributed by atoms with Crippen LogP contribution in [0.4, 0.5) is 5.69 Å². The van der Waals surface area contributed by atoms with Crippen molar-refractivity contribution in [1.82, 2.24) is 9.80 Å². The summed E-state index contributed by atoms with van der Waals surface area (Å²) in [6.45, 7) is 2.41. The minimum Gasteiger partial charge on any atom is -0.495 e. The van der Waals surface area contributed by atoms with Crippen LogP contribution in [0.1, 0.15) is 6.42 Å². The molecule has 0 aliphatic carbocycles. The fourth-order valence-electron chi connectivity index (χ4n) is 3.96. The van der Waals surface area contributed by atoms with Gasteiger partial charge in [-0.25, -0.2) is 8.42 Å². The van der Waals surface area contributed by atoms with E-state index < -0.39 is 27.7 Å². The highest BCUT2D eigenvalue weighted by atomic mass is 32.2. The van der Waals surface area contributed by atoms with Gasteiger partial charge in [-0.1, -0.05) is 12.1 Å². The van der Waals surface area contributed by atoms with Crippen molar-refractivity contribution in [2.75, 3.05) is 70.0 Å². The van der Waals surface area contributed by atoms with E-state index in [1.54, 1.807) is 7.11 Å². The van der Waals surface area contributed by atoms with E-state index in [0.29, 0.717) is 32.6 Å². The summed E-state index contributed by atoms with van der Waals surface area (Å²) >= 11 is 0. The van der Waals surface area contributed by atoms with Crippen LogP contribution in [0.3, 0.4) is 0 Å². The molecule has 2 aliphatic rings. The van der Waals surface area contributed by atoms with Crippen molar-refractivity contribution in [2.45, 2.75) is 12.5 Å². The smallest absolute Gasteiger partial charge is 0.312 e. The molecule has 2 fully saturated rings. The summed E-state index contributed by atoms with van der Waals surface area (Å²) in [5.74, 6) is -0.533. The Balaban J connectivity index is 1.64. The SMILES string of the molecule is COCCN(C(=O)C(=O)N1CCN(c2ccccc2OC)CC1)C1CCS(=O)(=O)C1. The third-order valence-electron chi connectivity index (χ3n) is 5.62. The molecule has 9 nitrogen and oxygen atoms in total. The Hall–Kier alpha value is -2.33. The molecule has 10 heteroatoms. The van der Waals surface area contributed by atoms with Gasteiger partial charge in [0.05, 0.1) is 30.9 Å². The van der Waals surface area contributed by atoms with Gasteiger partial charge >= 0.3 is 11.8 Å². The number of piperazine rings is 1. The van der Waals surface area contributed by atoms with Crippen molar-refractivity contribution in [2.24, 2.45) is 0 Å². The maximum absolute atomic E-state index is 12.9. The molecular formula is C20H29N3O6S. The maximum Gasteiger partial charge on any atom is 0.312 e. The summed E-state index contributed by atoms with van der Waals surface area (Å²) < 4.78 is 34.2. The van der Waals surface area contributed by atoms with E-state index in [4.69, 9.17) is 9.47 Å². The van der Waals surface area contributed by atoms with Crippen LogP contribution in [0, 0.1) is 0 Å². The van der Waals surface area contributed by atoms with Gasteiger partial charge in [0.1, 0.15) is 5.75 Å². The minimum absolute atomic E-state index is 0.0419. The fraction of sp³-hybridized carbons (Fsp3) is 0.600. The molecule has 0 radical (unpaired) electrons. The average Bonchev–Trinajstić information content (AvgIpc) is 3.12. The first-order valence-corrected chi connectivity index (χ1v) is 11.9. The lowest BCUT2D eigenvalue weighted by molar-refractivity contribution is -0.153. The van der Waals surface area contributed by atoms with E-state index in [1.165, 1.54) is 16.9 Å². The van der Waals surface area contributed by atoms with Gasteiger partial charge in [-0.2, -0.15) is 0 Å². The van der Waals surface area contributed by atoms with Crippen molar-refractivity contribution in [3.05, 3.63) is 24.3 Å². The number of carbonyl (C=O) groups is 2. The molecule has 166 valence electrons. The van der Waals surface area contributed by atoms with Crippen LogP contribution in [0.25, 0.3) is 0 Å². The van der Waals surface area contributed by atoms with Crippen LogP contribution >= 0.6 is 0 Å². The largest absolute Gasteiger partial charge is 0.495 e. The Labute approximate surface area is 177 Å². The van der Waals surface area contributed by atoms with Crippen LogP contribution in [0.15, 0.2) is 24.3 Å². The monoisotopic (exact) mass is 439 g/mol. The molecule has 2 heterocycles. The van der Waals surface area contributed by atoms with Crippen LogP contribution in [0.5, 0.6) is 5.75 Å². The van der Waals surface area contributed by atoms with Crippen LogP contribution < -0.4 is 9.64 Å². The molecule has 0 aromatic heterocycles. The number of para-hydroxylation sites is 2. The Morgan fingerprint density at radius 3 is 2.43 bits per heavy atom. The molecule has 1 atom stereocenters. The van der Waals surface area contributed by atoms with Crippen molar-refractivity contribution in [3.63, 3.8) is 0 Å². The minimum atomic E-state index is -3.17. The lowest BCUT2D eigenvalue weighted by Crippen LogP contribution is -2.55. The zero-order valence-corrected chi connectivity index (χ0v) is 18.3. The van der Waals surface area contributed by atoms with Gasteiger partial charge in [-0.3, -0.25) is 9.59 Å². The number of rotatable bonds is 6. The van der Waals surface area contributed by atoms with E-state index in [9.17, 15) is 18.0 Å². The summed E-state index contributed by atoms with van der Waals surface area (Å²) in [5, 5.41) is 0. The number of sulfone groups is 1. The Morgan fingerprint density at radius 1 is 1.13 bits per heavy atom. The van der Waals surface area contributed by atoms with E-state index in [2.05, 4.69) is 4.90 Å². The maximum atomic E-state index is 12.9. The Bertz CT molecular complexity index is 867. The highest BCUT2D eigenvalue weighted by Crippen LogP contribution is 2.28. The fourth-order valence-corrected chi connectivity index (χ4v) is 5.69. The lowest BCUT2D eigenvalue weighted by atomic mass is 10.2. The molecule has 2 saturated heterocycles. The van der Waals surface area contributed by atoms with Gasteiger partial charge in [-0.05, 0) is 18.6 Å². The molecule has 0 saturated carbocycles. The van der Waals surface area contributed by atoms with Crippen molar-refractivity contribution < 1.29 is 27.5 Å². The number of carbonyl (C=O) groups excluding carboxylic acids is 2. The lowest BCUT2D eigenvalue weighted by Gasteiger charge is -2.37. The summed E-state index contributed by atoms with van der Waals surface area (Å²) in [5.41, 5.74) is 0.955. The number of nitrogens with zero attached hydrogens (tertiary/aromatic N) is 3. The summed E-state index contributed by atoms with van der Waals surface area (Å²) in [7, 11) is -0.0453. The standard InChI is InChI=1S/C20H29N3O6S/c1-28-13-12-23(16-7-14-30(26,27)15-16)20(25)19(24)22-10-8-21(9-11-22)17-5-3-4-6-18(17)29-2/h3-6,16H,7-15H2,1-2H3. The van der Waals surface area contributed by atoms with Crippen molar-refractivity contribution in [3.8, 4) is 5.75 Å². The molecule has 1 aromatic rings. The summed E-state index contributed by atoms with van der Waals surface area (Å²) in [6, 6.07) is 7.21. The quantitative estimate of drug-likeness (QED) is 0.576. The van der Waals surface area contributed by atoms with Gasteiger partial charge in [0, 0.05) is 45.9 Å². The molecule has 3 rings (SSSR count). The topological polar surface area (TPSA) is 96.5 Å². The molecule has 1 unspecified atom stereocenters. The molecular weight excluding hydrogens is 410 g/mol. The third-order valence-corrected chi connectivity index (χ3v) is 7.37. The van der Waals surface area contributed by atoms with Gasteiger partial charge in [0.25, 0.3) is 0 Å². The second kappa shape index (κ2) is 9.65. The second-order valence-electron chi connectivity index (χ2n) is 7.50.